The normalized spacial score (nSPS) is 16.1. The fourth-order valence-corrected chi connectivity index (χ4v) is 2.59. The number of benzene rings is 1. The molecule has 5 heteroatoms. The number of nitrogens with zero attached hydrogens (tertiary/aromatic N) is 1. The van der Waals surface area contributed by atoms with E-state index in [-0.39, 0.29) is 17.4 Å². The molecule has 1 fully saturated rings. The van der Waals surface area contributed by atoms with Crippen molar-refractivity contribution >= 4 is 5.91 Å². The van der Waals surface area contributed by atoms with E-state index in [2.05, 4.69) is 5.32 Å². The van der Waals surface area contributed by atoms with Crippen LogP contribution in [0.3, 0.4) is 0 Å². The third-order valence-corrected chi connectivity index (χ3v) is 3.83. The molecule has 1 aliphatic rings. The molecule has 1 amide bonds. The molecule has 110 valence electrons. The van der Waals surface area contributed by atoms with Crippen LogP contribution in [0.2, 0.25) is 0 Å². The highest BCUT2D eigenvalue weighted by atomic mass is 16.3. The molecule has 5 nitrogen and oxygen atoms in total. The Bertz CT molecular complexity index is 450. The molecule has 0 spiro atoms. The number of rotatable bonds is 4. The van der Waals surface area contributed by atoms with Crippen LogP contribution in [0.5, 0.6) is 11.5 Å². The second kappa shape index (κ2) is 6.61. The zero-order valence-electron chi connectivity index (χ0n) is 11.8. The van der Waals surface area contributed by atoms with Gasteiger partial charge in [0.25, 0.3) is 5.91 Å². The number of phenols is 2. The number of hydrogen-bond acceptors (Lipinski definition) is 4. The van der Waals surface area contributed by atoms with Gasteiger partial charge in [0.05, 0.1) is 0 Å². The molecule has 1 aromatic carbocycles. The summed E-state index contributed by atoms with van der Waals surface area (Å²) >= 11 is 0. The summed E-state index contributed by atoms with van der Waals surface area (Å²) in [5.41, 5.74) is 0.315. The van der Waals surface area contributed by atoms with E-state index in [9.17, 15) is 15.0 Å². The van der Waals surface area contributed by atoms with E-state index in [1.807, 2.05) is 0 Å². The zero-order chi connectivity index (χ0) is 14.5. The molecule has 3 N–H and O–H groups in total. The molecule has 0 aliphatic carbocycles. The molecule has 1 aromatic rings. The minimum Gasteiger partial charge on any atom is -0.508 e. The number of hydrogen-bond donors (Lipinski definition) is 3. The molecule has 2 rings (SSSR count). The van der Waals surface area contributed by atoms with Gasteiger partial charge in [-0.2, -0.15) is 0 Å². The summed E-state index contributed by atoms with van der Waals surface area (Å²) in [6.07, 6.45) is 3.32. The van der Waals surface area contributed by atoms with Crippen LogP contribution < -0.4 is 5.32 Å². The van der Waals surface area contributed by atoms with Crippen LogP contribution >= 0.6 is 0 Å². The minimum atomic E-state index is -0.176. The van der Waals surface area contributed by atoms with Crippen molar-refractivity contribution in [2.75, 3.05) is 26.7 Å². The smallest absolute Gasteiger partial charge is 0.253 e. The second-order valence-corrected chi connectivity index (χ2v) is 5.45. The van der Waals surface area contributed by atoms with Gasteiger partial charge in [-0.3, -0.25) is 4.79 Å². The van der Waals surface area contributed by atoms with E-state index in [0.29, 0.717) is 18.0 Å². The van der Waals surface area contributed by atoms with Crippen LogP contribution in [-0.4, -0.2) is 47.7 Å². The number of aromatic hydroxyl groups is 2. The molecule has 0 radical (unpaired) electrons. The maximum absolute atomic E-state index is 12.2. The van der Waals surface area contributed by atoms with Gasteiger partial charge in [0, 0.05) is 25.2 Å². The van der Waals surface area contributed by atoms with Crippen LogP contribution in [-0.2, 0) is 0 Å². The summed E-state index contributed by atoms with van der Waals surface area (Å²) in [5.74, 6) is 0.300. The lowest BCUT2D eigenvalue weighted by Gasteiger charge is -2.25. The summed E-state index contributed by atoms with van der Waals surface area (Å²) in [6, 6.07) is 3.97. The summed E-state index contributed by atoms with van der Waals surface area (Å²) in [4.78, 5) is 13.9. The van der Waals surface area contributed by atoms with Crippen LogP contribution in [0.25, 0.3) is 0 Å². The van der Waals surface area contributed by atoms with Crippen molar-refractivity contribution in [2.45, 2.75) is 19.3 Å². The lowest BCUT2D eigenvalue weighted by molar-refractivity contribution is 0.0783. The SMILES string of the molecule is CN(CCC1CCNCC1)C(=O)c1cc(O)cc(O)c1. The molecule has 0 unspecified atom stereocenters. The Morgan fingerprint density at radius 1 is 1.25 bits per heavy atom. The van der Waals surface area contributed by atoms with Crippen molar-refractivity contribution in [1.29, 1.82) is 0 Å². The minimum absolute atomic E-state index is 0.0971. The van der Waals surface area contributed by atoms with Crippen molar-refractivity contribution in [3.05, 3.63) is 23.8 Å². The monoisotopic (exact) mass is 278 g/mol. The largest absolute Gasteiger partial charge is 0.508 e. The van der Waals surface area contributed by atoms with E-state index in [4.69, 9.17) is 0 Å². The Morgan fingerprint density at radius 2 is 1.85 bits per heavy atom. The molecule has 20 heavy (non-hydrogen) atoms. The fourth-order valence-electron chi connectivity index (χ4n) is 2.59. The molecule has 1 saturated heterocycles. The van der Waals surface area contributed by atoms with Gasteiger partial charge in [-0.1, -0.05) is 0 Å². The Kier molecular flexibility index (Phi) is 4.84. The maximum atomic E-state index is 12.2. The Hall–Kier alpha value is -1.75. The predicted molar refractivity (Wildman–Crippen MR) is 76.9 cm³/mol. The van der Waals surface area contributed by atoms with E-state index in [0.717, 1.165) is 32.4 Å². The summed E-state index contributed by atoms with van der Waals surface area (Å²) in [6.45, 7) is 2.81. The van der Waals surface area contributed by atoms with Crippen LogP contribution in [0.1, 0.15) is 29.6 Å². The van der Waals surface area contributed by atoms with Crippen molar-refractivity contribution in [3.63, 3.8) is 0 Å². The highest BCUT2D eigenvalue weighted by Gasteiger charge is 2.17. The third kappa shape index (κ3) is 3.87. The molecular formula is C15H22N2O3. The third-order valence-electron chi connectivity index (χ3n) is 3.83. The van der Waals surface area contributed by atoms with E-state index >= 15 is 0 Å². The van der Waals surface area contributed by atoms with Gasteiger partial charge in [-0.15, -0.1) is 0 Å². The van der Waals surface area contributed by atoms with Gasteiger partial charge in [0.1, 0.15) is 11.5 Å². The number of carbonyl (C=O) groups is 1. The standard InChI is InChI=1S/C15H22N2O3/c1-17(7-4-11-2-5-16-6-3-11)15(20)12-8-13(18)10-14(19)9-12/h8-11,16,18-19H,2-7H2,1H3. The lowest BCUT2D eigenvalue weighted by Crippen LogP contribution is -2.32. The van der Waals surface area contributed by atoms with Crippen molar-refractivity contribution in [3.8, 4) is 11.5 Å². The summed E-state index contributed by atoms with van der Waals surface area (Å²) in [7, 11) is 1.75. The summed E-state index contributed by atoms with van der Waals surface area (Å²) in [5, 5.41) is 22.2. The van der Waals surface area contributed by atoms with Gasteiger partial charge >= 0.3 is 0 Å². The zero-order valence-corrected chi connectivity index (χ0v) is 11.8. The molecule has 1 aliphatic heterocycles. The number of phenolic OH excluding ortho intramolecular Hbond substituents is 2. The number of piperidine rings is 1. The molecule has 0 bridgehead atoms. The first-order chi connectivity index (χ1) is 9.56. The number of nitrogens with one attached hydrogen (secondary N) is 1. The van der Waals surface area contributed by atoms with Crippen molar-refractivity contribution in [2.24, 2.45) is 5.92 Å². The highest BCUT2D eigenvalue weighted by molar-refractivity contribution is 5.94. The topological polar surface area (TPSA) is 72.8 Å². The summed E-state index contributed by atoms with van der Waals surface area (Å²) < 4.78 is 0. The maximum Gasteiger partial charge on any atom is 0.253 e. The van der Waals surface area contributed by atoms with Crippen molar-refractivity contribution in [1.82, 2.24) is 10.2 Å². The molecule has 0 aromatic heterocycles. The van der Waals surface area contributed by atoms with Gasteiger partial charge < -0.3 is 20.4 Å². The van der Waals surface area contributed by atoms with Crippen LogP contribution in [0.15, 0.2) is 18.2 Å². The van der Waals surface area contributed by atoms with E-state index in [1.54, 1.807) is 11.9 Å². The Balaban J connectivity index is 1.90. The molecule has 1 heterocycles. The van der Waals surface area contributed by atoms with Gasteiger partial charge in [-0.05, 0) is 50.4 Å². The predicted octanol–water partition coefficient (Wildman–Crippen LogP) is 1.56. The van der Waals surface area contributed by atoms with E-state index in [1.165, 1.54) is 18.2 Å². The quantitative estimate of drug-likeness (QED) is 0.781. The molecule has 0 atom stereocenters. The van der Waals surface area contributed by atoms with Gasteiger partial charge in [0.15, 0.2) is 0 Å². The highest BCUT2D eigenvalue weighted by Crippen LogP contribution is 2.22. The first-order valence-corrected chi connectivity index (χ1v) is 7.05. The van der Waals surface area contributed by atoms with Crippen LogP contribution in [0, 0.1) is 5.92 Å². The second-order valence-electron chi connectivity index (χ2n) is 5.45. The van der Waals surface area contributed by atoms with Gasteiger partial charge in [-0.25, -0.2) is 0 Å². The number of carbonyl (C=O) groups excluding carboxylic acids is 1. The number of amides is 1. The Labute approximate surface area is 119 Å². The fraction of sp³-hybridized carbons (Fsp3) is 0.533. The average Bonchev–Trinajstić information content (AvgIpc) is 2.44. The Morgan fingerprint density at radius 3 is 2.45 bits per heavy atom. The molecular weight excluding hydrogens is 256 g/mol. The van der Waals surface area contributed by atoms with Crippen molar-refractivity contribution < 1.29 is 15.0 Å². The molecule has 0 saturated carbocycles. The average molecular weight is 278 g/mol. The lowest BCUT2D eigenvalue weighted by atomic mass is 9.94. The van der Waals surface area contributed by atoms with Gasteiger partial charge in [0.2, 0.25) is 0 Å². The first kappa shape index (κ1) is 14.7. The van der Waals surface area contributed by atoms with E-state index < -0.39 is 0 Å². The van der Waals surface area contributed by atoms with Crippen LogP contribution in [0.4, 0.5) is 0 Å². The first-order valence-electron chi connectivity index (χ1n) is 7.05.